The zero-order valence-corrected chi connectivity index (χ0v) is 10.4. The molecule has 0 saturated carbocycles. The molecule has 90 valence electrons. The highest BCUT2D eigenvalue weighted by atomic mass is 16.1. The highest BCUT2D eigenvalue weighted by molar-refractivity contribution is 6.40. The minimum Gasteiger partial charge on any atom is -0.309 e. The smallest absolute Gasteiger partial charge is 0.206 e. The first kappa shape index (κ1) is 12.0. The number of nitrogens with zero attached hydrogens (tertiary/aromatic N) is 2. The summed E-state index contributed by atoms with van der Waals surface area (Å²) in [6.07, 6.45) is 4.66. The molecule has 0 saturated heterocycles. The van der Waals surface area contributed by atoms with E-state index in [0.29, 0.717) is 0 Å². The fraction of sp³-hybridized carbons (Fsp3) is 0.429. The molecule has 0 fully saturated rings. The third-order valence-electron chi connectivity index (χ3n) is 3.00. The van der Waals surface area contributed by atoms with Crippen LogP contribution in [0.4, 0.5) is 5.69 Å². The quantitative estimate of drug-likeness (QED) is 0.728. The molecule has 0 bridgehead atoms. The molecule has 0 amide bonds. The van der Waals surface area contributed by atoms with Gasteiger partial charge in [0.2, 0.25) is 5.78 Å². The molecule has 1 aromatic rings. The first-order chi connectivity index (χ1) is 8.18. The Labute approximate surface area is 102 Å². The average Bonchev–Trinajstić information content (AvgIpc) is 2.67. The van der Waals surface area contributed by atoms with Crippen molar-refractivity contribution in [2.75, 3.05) is 20.6 Å². The van der Waals surface area contributed by atoms with Crippen LogP contribution in [0, 0.1) is 0 Å². The molecule has 3 heteroatoms. The van der Waals surface area contributed by atoms with Crippen LogP contribution in [0.2, 0.25) is 0 Å². The third-order valence-corrected chi connectivity index (χ3v) is 3.00. The molecule has 0 aromatic heterocycles. The summed E-state index contributed by atoms with van der Waals surface area (Å²) in [7, 11) is 4.16. The second-order valence-corrected chi connectivity index (χ2v) is 4.69. The summed E-state index contributed by atoms with van der Waals surface area (Å²) in [5.41, 5.74) is 2.79. The number of rotatable bonds is 5. The van der Waals surface area contributed by atoms with E-state index in [1.807, 2.05) is 18.2 Å². The molecular weight excluding hydrogens is 212 g/mol. The average molecular weight is 230 g/mol. The number of ketones is 1. The SMILES string of the molecule is CN(C)CCCCc1cccc2c1C(=O)C=N2. The lowest BCUT2D eigenvalue weighted by molar-refractivity contribution is 0.107. The van der Waals surface area contributed by atoms with Crippen LogP contribution in [-0.4, -0.2) is 37.5 Å². The van der Waals surface area contributed by atoms with E-state index in [-0.39, 0.29) is 5.78 Å². The predicted octanol–water partition coefficient (Wildman–Crippen LogP) is 2.47. The van der Waals surface area contributed by atoms with Crippen molar-refractivity contribution in [3.8, 4) is 0 Å². The Balaban J connectivity index is 1.99. The minimum absolute atomic E-state index is 0.0585. The predicted molar refractivity (Wildman–Crippen MR) is 70.4 cm³/mol. The molecule has 17 heavy (non-hydrogen) atoms. The van der Waals surface area contributed by atoms with Gasteiger partial charge in [0.25, 0.3) is 0 Å². The Kier molecular flexibility index (Phi) is 3.69. The van der Waals surface area contributed by atoms with E-state index >= 15 is 0 Å². The van der Waals surface area contributed by atoms with Crippen molar-refractivity contribution < 1.29 is 4.79 Å². The zero-order chi connectivity index (χ0) is 12.3. The van der Waals surface area contributed by atoms with Gasteiger partial charge in [0.15, 0.2) is 0 Å². The van der Waals surface area contributed by atoms with Crippen LogP contribution < -0.4 is 0 Å². The van der Waals surface area contributed by atoms with Gasteiger partial charge >= 0.3 is 0 Å². The molecule has 1 aliphatic rings. The van der Waals surface area contributed by atoms with Crippen LogP contribution in [0.25, 0.3) is 0 Å². The lowest BCUT2D eigenvalue weighted by Gasteiger charge is -2.10. The van der Waals surface area contributed by atoms with Crippen LogP contribution in [0.15, 0.2) is 23.2 Å². The van der Waals surface area contributed by atoms with E-state index < -0.39 is 0 Å². The summed E-state index contributed by atoms with van der Waals surface area (Å²) in [6.45, 7) is 1.10. The molecule has 0 spiro atoms. The summed E-state index contributed by atoms with van der Waals surface area (Å²) in [5, 5.41) is 0. The molecule has 1 aliphatic heterocycles. The van der Waals surface area contributed by atoms with Crippen molar-refractivity contribution in [3.63, 3.8) is 0 Å². The van der Waals surface area contributed by atoms with E-state index in [2.05, 4.69) is 24.0 Å². The normalized spacial score (nSPS) is 13.5. The molecule has 3 nitrogen and oxygen atoms in total. The van der Waals surface area contributed by atoms with Crippen molar-refractivity contribution >= 4 is 17.7 Å². The Bertz CT molecular complexity index is 450. The first-order valence-electron chi connectivity index (χ1n) is 6.03. The van der Waals surface area contributed by atoms with Gasteiger partial charge in [-0.1, -0.05) is 12.1 Å². The van der Waals surface area contributed by atoms with Crippen LogP contribution in [0.5, 0.6) is 0 Å². The van der Waals surface area contributed by atoms with Crippen molar-refractivity contribution in [2.24, 2.45) is 4.99 Å². The van der Waals surface area contributed by atoms with E-state index in [4.69, 9.17) is 0 Å². The molecule has 0 N–H and O–H groups in total. The van der Waals surface area contributed by atoms with Crippen molar-refractivity contribution in [1.29, 1.82) is 0 Å². The van der Waals surface area contributed by atoms with Gasteiger partial charge in [0.1, 0.15) is 0 Å². The standard InChI is InChI=1S/C14H18N2O/c1-16(2)9-4-3-6-11-7-5-8-12-14(11)13(17)10-15-12/h5,7-8,10H,3-4,6,9H2,1-2H3. The largest absolute Gasteiger partial charge is 0.309 e. The van der Waals surface area contributed by atoms with Gasteiger partial charge in [-0.2, -0.15) is 0 Å². The Hall–Kier alpha value is -1.48. The number of fused-ring (bicyclic) bond motifs is 1. The maximum Gasteiger partial charge on any atom is 0.206 e. The van der Waals surface area contributed by atoms with Gasteiger partial charge in [-0.25, -0.2) is 0 Å². The lowest BCUT2D eigenvalue weighted by Crippen LogP contribution is -2.13. The van der Waals surface area contributed by atoms with E-state index in [1.165, 1.54) is 6.21 Å². The van der Waals surface area contributed by atoms with Crippen LogP contribution in [0.3, 0.4) is 0 Å². The maximum atomic E-state index is 11.7. The zero-order valence-electron chi connectivity index (χ0n) is 10.4. The van der Waals surface area contributed by atoms with Crippen LogP contribution in [-0.2, 0) is 6.42 Å². The number of aryl methyl sites for hydroxylation is 1. The number of carbonyl (C=O) groups is 1. The topological polar surface area (TPSA) is 32.7 Å². The highest BCUT2D eigenvalue weighted by Gasteiger charge is 2.18. The van der Waals surface area contributed by atoms with E-state index in [9.17, 15) is 4.79 Å². The van der Waals surface area contributed by atoms with Gasteiger partial charge in [0.05, 0.1) is 17.5 Å². The van der Waals surface area contributed by atoms with Crippen molar-refractivity contribution in [3.05, 3.63) is 29.3 Å². The van der Waals surface area contributed by atoms with Crippen molar-refractivity contribution in [2.45, 2.75) is 19.3 Å². The number of carbonyl (C=O) groups excluding carboxylic acids is 1. The summed E-state index contributed by atoms with van der Waals surface area (Å²) in [5.74, 6) is 0.0585. The van der Waals surface area contributed by atoms with Crippen LogP contribution >= 0.6 is 0 Å². The second-order valence-electron chi connectivity index (χ2n) is 4.69. The molecule has 0 aliphatic carbocycles. The van der Waals surface area contributed by atoms with Crippen LogP contribution in [0.1, 0.15) is 28.8 Å². The van der Waals surface area contributed by atoms with E-state index in [1.54, 1.807) is 0 Å². The Morgan fingerprint density at radius 3 is 2.82 bits per heavy atom. The lowest BCUT2D eigenvalue weighted by atomic mass is 9.99. The molecule has 1 aromatic carbocycles. The second kappa shape index (κ2) is 5.23. The van der Waals surface area contributed by atoms with Gasteiger partial charge < -0.3 is 4.90 Å². The van der Waals surface area contributed by atoms with E-state index in [0.717, 1.165) is 42.6 Å². The summed E-state index contributed by atoms with van der Waals surface area (Å²) < 4.78 is 0. The van der Waals surface area contributed by atoms with Gasteiger partial charge in [-0.3, -0.25) is 9.79 Å². The van der Waals surface area contributed by atoms with Gasteiger partial charge in [-0.15, -0.1) is 0 Å². The summed E-state index contributed by atoms with van der Waals surface area (Å²) in [4.78, 5) is 18.0. The maximum absolute atomic E-state index is 11.7. The molecule has 0 atom stereocenters. The molecule has 1 heterocycles. The number of hydrogen-bond donors (Lipinski definition) is 0. The van der Waals surface area contributed by atoms with Gasteiger partial charge in [0, 0.05) is 0 Å². The number of Topliss-reactive ketones (excluding diaryl/α,β-unsaturated/α-hetero) is 1. The highest BCUT2D eigenvalue weighted by Crippen LogP contribution is 2.28. The first-order valence-corrected chi connectivity index (χ1v) is 6.03. The fourth-order valence-corrected chi connectivity index (χ4v) is 2.12. The number of aliphatic imine (C=N–C) groups is 1. The van der Waals surface area contributed by atoms with Crippen molar-refractivity contribution in [1.82, 2.24) is 4.90 Å². The molecular formula is C14H18N2O. The molecule has 0 radical (unpaired) electrons. The monoisotopic (exact) mass is 230 g/mol. The Morgan fingerprint density at radius 1 is 1.24 bits per heavy atom. The fourth-order valence-electron chi connectivity index (χ4n) is 2.12. The third kappa shape index (κ3) is 2.80. The molecule has 2 rings (SSSR count). The number of benzene rings is 1. The number of hydrogen-bond acceptors (Lipinski definition) is 3. The summed E-state index contributed by atoms with van der Waals surface area (Å²) >= 11 is 0. The molecule has 0 unspecified atom stereocenters. The Morgan fingerprint density at radius 2 is 2.06 bits per heavy atom. The minimum atomic E-state index is 0.0585. The number of unbranched alkanes of at least 4 members (excludes halogenated alkanes) is 1. The van der Waals surface area contributed by atoms with Gasteiger partial charge in [-0.05, 0) is 51.5 Å². The summed E-state index contributed by atoms with van der Waals surface area (Å²) in [6, 6.07) is 5.93.